The molecule has 1 atom stereocenters. The van der Waals surface area contributed by atoms with Crippen LogP contribution < -0.4 is 5.32 Å². The molecule has 5 nitrogen and oxygen atoms in total. The van der Waals surface area contributed by atoms with Crippen molar-refractivity contribution in [1.82, 2.24) is 10.2 Å². The van der Waals surface area contributed by atoms with Crippen molar-refractivity contribution >= 4 is 6.09 Å². The third kappa shape index (κ3) is 8.24. The minimum Gasteiger partial charge on any atom is -0.445 e. The molecular weight excluding hydrogens is 340 g/mol. The van der Waals surface area contributed by atoms with E-state index in [9.17, 15) is 9.90 Å². The predicted molar refractivity (Wildman–Crippen MR) is 107 cm³/mol. The molecule has 5 heteroatoms. The van der Waals surface area contributed by atoms with Crippen molar-refractivity contribution in [1.29, 1.82) is 0 Å². The number of nitrogens with zero attached hydrogens (tertiary/aromatic N) is 1. The Morgan fingerprint density at radius 3 is 2.19 bits per heavy atom. The molecule has 0 spiro atoms. The Morgan fingerprint density at radius 2 is 1.59 bits per heavy atom. The highest BCUT2D eigenvalue weighted by molar-refractivity contribution is 5.67. The number of carbonyl (C=O) groups is 1. The van der Waals surface area contributed by atoms with Crippen LogP contribution >= 0.6 is 0 Å². The Labute approximate surface area is 162 Å². The maximum absolute atomic E-state index is 12.5. The minimum absolute atomic E-state index is 0.233. The highest BCUT2D eigenvalue weighted by Crippen LogP contribution is 2.07. The third-order valence-electron chi connectivity index (χ3n) is 4.03. The number of rotatable bonds is 10. The maximum Gasteiger partial charge on any atom is 0.410 e. The fourth-order valence-corrected chi connectivity index (χ4v) is 2.77. The van der Waals surface area contributed by atoms with Crippen molar-refractivity contribution in [2.45, 2.75) is 33.1 Å². The van der Waals surface area contributed by atoms with E-state index in [0.29, 0.717) is 25.6 Å². The molecule has 0 saturated heterocycles. The lowest BCUT2D eigenvalue weighted by atomic mass is 10.2. The first-order valence-corrected chi connectivity index (χ1v) is 9.43. The third-order valence-corrected chi connectivity index (χ3v) is 4.03. The average molecular weight is 370 g/mol. The van der Waals surface area contributed by atoms with Crippen molar-refractivity contribution in [2.24, 2.45) is 5.92 Å². The SMILES string of the molecule is CC(C)CN(CC(O)CNCc1ccccc1)C(=O)OCc1ccccc1. The Bertz CT molecular complexity index is 662. The van der Waals surface area contributed by atoms with E-state index < -0.39 is 12.2 Å². The molecule has 0 aliphatic carbocycles. The molecule has 2 aromatic carbocycles. The largest absolute Gasteiger partial charge is 0.445 e. The summed E-state index contributed by atoms with van der Waals surface area (Å²) in [4.78, 5) is 14.0. The number of benzene rings is 2. The normalized spacial score (nSPS) is 12.0. The van der Waals surface area contributed by atoms with Crippen molar-refractivity contribution < 1.29 is 14.6 Å². The van der Waals surface area contributed by atoms with Crippen molar-refractivity contribution in [3.8, 4) is 0 Å². The lowest BCUT2D eigenvalue weighted by molar-refractivity contribution is 0.0641. The van der Waals surface area contributed by atoms with E-state index in [4.69, 9.17) is 4.74 Å². The Morgan fingerprint density at radius 1 is 1.00 bits per heavy atom. The van der Waals surface area contributed by atoms with E-state index in [1.807, 2.05) is 74.5 Å². The topological polar surface area (TPSA) is 61.8 Å². The fraction of sp³-hybridized carbons (Fsp3) is 0.409. The summed E-state index contributed by atoms with van der Waals surface area (Å²) < 4.78 is 5.42. The zero-order valence-corrected chi connectivity index (χ0v) is 16.2. The minimum atomic E-state index is -0.656. The Kier molecular flexibility index (Phi) is 8.81. The summed E-state index contributed by atoms with van der Waals surface area (Å²) in [6, 6.07) is 19.6. The zero-order valence-electron chi connectivity index (χ0n) is 16.2. The second-order valence-electron chi connectivity index (χ2n) is 7.11. The quantitative estimate of drug-likeness (QED) is 0.673. The van der Waals surface area contributed by atoms with Gasteiger partial charge in [-0.3, -0.25) is 0 Å². The summed E-state index contributed by atoms with van der Waals surface area (Å²) in [5.74, 6) is 0.291. The van der Waals surface area contributed by atoms with E-state index in [0.717, 1.165) is 11.1 Å². The number of nitrogens with one attached hydrogen (secondary N) is 1. The summed E-state index contributed by atoms with van der Waals surface area (Å²) >= 11 is 0. The van der Waals surface area contributed by atoms with Gasteiger partial charge in [0.25, 0.3) is 0 Å². The van der Waals surface area contributed by atoms with Gasteiger partial charge in [-0.25, -0.2) is 4.79 Å². The van der Waals surface area contributed by atoms with Crippen LogP contribution in [0.1, 0.15) is 25.0 Å². The summed E-state index contributed by atoms with van der Waals surface area (Å²) in [5.41, 5.74) is 2.10. The first-order chi connectivity index (χ1) is 13.0. The lowest BCUT2D eigenvalue weighted by Crippen LogP contribution is -2.43. The molecule has 146 valence electrons. The van der Waals surface area contributed by atoms with Crippen LogP contribution in [-0.2, 0) is 17.9 Å². The van der Waals surface area contributed by atoms with Gasteiger partial charge in [0.05, 0.1) is 12.6 Å². The van der Waals surface area contributed by atoms with Gasteiger partial charge in [0.1, 0.15) is 6.61 Å². The highest BCUT2D eigenvalue weighted by atomic mass is 16.6. The molecular formula is C22H30N2O3. The van der Waals surface area contributed by atoms with Gasteiger partial charge in [-0.05, 0) is 17.0 Å². The van der Waals surface area contributed by atoms with E-state index in [-0.39, 0.29) is 13.2 Å². The molecule has 0 fully saturated rings. The van der Waals surface area contributed by atoms with Gasteiger partial charge in [0.15, 0.2) is 0 Å². The molecule has 2 rings (SSSR count). The van der Waals surface area contributed by atoms with Gasteiger partial charge in [-0.1, -0.05) is 74.5 Å². The lowest BCUT2D eigenvalue weighted by Gasteiger charge is -2.26. The van der Waals surface area contributed by atoms with Gasteiger partial charge in [-0.2, -0.15) is 0 Å². The van der Waals surface area contributed by atoms with E-state index in [1.54, 1.807) is 4.90 Å². The number of hydrogen-bond acceptors (Lipinski definition) is 4. The fourth-order valence-electron chi connectivity index (χ4n) is 2.77. The van der Waals surface area contributed by atoms with Gasteiger partial charge in [-0.15, -0.1) is 0 Å². The smallest absolute Gasteiger partial charge is 0.410 e. The summed E-state index contributed by atoms with van der Waals surface area (Å²) in [6.45, 7) is 6.19. The van der Waals surface area contributed by atoms with Crippen LogP contribution in [0.25, 0.3) is 0 Å². The van der Waals surface area contributed by atoms with E-state index in [2.05, 4.69) is 5.32 Å². The second-order valence-corrected chi connectivity index (χ2v) is 7.11. The molecule has 0 aliphatic rings. The van der Waals surface area contributed by atoms with Crippen LogP contribution in [0.4, 0.5) is 4.79 Å². The maximum atomic E-state index is 12.5. The molecule has 2 N–H and O–H groups in total. The van der Waals surface area contributed by atoms with Crippen LogP contribution in [0.2, 0.25) is 0 Å². The molecule has 27 heavy (non-hydrogen) atoms. The first-order valence-electron chi connectivity index (χ1n) is 9.43. The average Bonchev–Trinajstić information content (AvgIpc) is 2.67. The van der Waals surface area contributed by atoms with E-state index in [1.165, 1.54) is 0 Å². The molecule has 1 amide bonds. The van der Waals surface area contributed by atoms with Gasteiger partial charge >= 0.3 is 6.09 Å². The van der Waals surface area contributed by atoms with Crippen LogP contribution in [0.3, 0.4) is 0 Å². The molecule has 0 saturated carbocycles. The molecule has 0 radical (unpaired) electrons. The number of ether oxygens (including phenoxy) is 1. The second kappa shape index (κ2) is 11.4. The van der Waals surface area contributed by atoms with Crippen LogP contribution in [-0.4, -0.2) is 41.8 Å². The summed E-state index contributed by atoms with van der Waals surface area (Å²) in [7, 11) is 0. The summed E-state index contributed by atoms with van der Waals surface area (Å²) in [5, 5.41) is 13.6. The summed E-state index contributed by atoms with van der Waals surface area (Å²) in [6.07, 6.45) is -1.05. The molecule has 0 aromatic heterocycles. The molecule has 2 aromatic rings. The highest BCUT2D eigenvalue weighted by Gasteiger charge is 2.20. The Hall–Kier alpha value is -2.37. The standard InChI is InChI=1S/C22H30N2O3/c1-18(2)15-24(22(26)27-17-20-11-7-4-8-12-20)16-21(25)14-23-13-19-9-5-3-6-10-19/h3-12,18,21,23,25H,13-17H2,1-2H3. The number of carbonyl (C=O) groups excluding carboxylic acids is 1. The van der Waals surface area contributed by atoms with E-state index >= 15 is 0 Å². The molecule has 0 bridgehead atoms. The number of hydrogen-bond donors (Lipinski definition) is 2. The van der Waals surface area contributed by atoms with Crippen LogP contribution in [0.15, 0.2) is 60.7 Å². The van der Waals surface area contributed by atoms with Crippen molar-refractivity contribution in [2.75, 3.05) is 19.6 Å². The number of aliphatic hydroxyl groups excluding tert-OH is 1. The van der Waals surface area contributed by atoms with Gasteiger partial charge in [0.2, 0.25) is 0 Å². The molecule has 0 aliphatic heterocycles. The van der Waals surface area contributed by atoms with Gasteiger partial charge < -0.3 is 20.1 Å². The van der Waals surface area contributed by atoms with Crippen molar-refractivity contribution in [3.05, 3.63) is 71.8 Å². The number of aliphatic hydroxyl groups is 1. The first kappa shape index (κ1) is 20.9. The van der Waals surface area contributed by atoms with Crippen LogP contribution in [0.5, 0.6) is 0 Å². The predicted octanol–water partition coefficient (Wildman–Crippen LogP) is 3.43. The Balaban J connectivity index is 1.80. The monoisotopic (exact) mass is 370 g/mol. The van der Waals surface area contributed by atoms with Crippen LogP contribution in [0, 0.1) is 5.92 Å². The number of amides is 1. The zero-order chi connectivity index (χ0) is 19.5. The van der Waals surface area contributed by atoms with Gasteiger partial charge in [0, 0.05) is 19.6 Å². The molecule has 1 unspecified atom stereocenters. The van der Waals surface area contributed by atoms with Crippen molar-refractivity contribution in [3.63, 3.8) is 0 Å². The molecule has 0 heterocycles.